The zero-order valence-corrected chi connectivity index (χ0v) is 14.9. The van der Waals surface area contributed by atoms with Crippen LogP contribution in [-0.4, -0.2) is 42.1 Å². The van der Waals surface area contributed by atoms with E-state index in [1.807, 2.05) is 26.0 Å². The monoisotopic (exact) mass is 359 g/mol. The Morgan fingerprint density at radius 2 is 2.22 bits per heavy atom. The maximum Gasteiger partial charge on any atom is 0.287 e. The topological polar surface area (TPSA) is 112 Å². The third-order valence-corrected chi connectivity index (χ3v) is 4.09. The van der Waals surface area contributed by atoms with Gasteiger partial charge in [0.2, 0.25) is 0 Å². The van der Waals surface area contributed by atoms with Crippen LogP contribution in [0.5, 0.6) is 0 Å². The molecular weight excluding hydrogens is 342 g/mol. The number of nitrogens with zero attached hydrogens (tertiary/aromatic N) is 4. The van der Waals surface area contributed by atoms with Gasteiger partial charge in [-0.05, 0) is 32.0 Å². The van der Waals surface area contributed by atoms with Crippen molar-refractivity contribution in [3.05, 3.63) is 47.7 Å². The molecule has 1 amide bonds. The van der Waals surface area contributed by atoms with E-state index in [0.29, 0.717) is 17.7 Å². The number of pyridine rings is 2. The lowest BCUT2D eigenvalue weighted by Crippen LogP contribution is -2.32. The molecule has 0 bridgehead atoms. The Morgan fingerprint density at radius 3 is 3.07 bits per heavy atom. The van der Waals surface area contributed by atoms with Crippen LogP contribution in [0.15, 0.2) is 30.6 Å². The van der Waals surface area contributed by atoms with E-state index >= 15 is 0 Å². The summed E-state index contributed by atoms with van der Waals surface area (Å²) in [6.45, 7) is 3.84. The number of aryl methyl sites for hydroxylation is 1. The van der Waals surface area contributed by atoms with Crippen molar-refractivity contribution in [2.45, 2.75) is 26.3 Å². The maximum atomic E-state index is 12.3. The van der Waals surface area contributed by atoms with Crippen LogP contribution in [0.1, 0.15) is 35.2 Å². The number of fused-ring (bicyclic) bond motifs is 2. The molecule has 0 saturated heterocycles. The first kappa shape index (κ1) is 16.7. The molecule has 0 spiro atoms. The quantitative estimate of drug-likeness (QED) is 0.485. The molecule has 1 atom stereocenters. The van der Waals surface area contributed by atoms with Gasteiger partial charge in [0.05, 0.1) is 5.52 Å². The summed E-state index contributed by atoms with van der Waals surface area (Å²) in [7, 11) is 0. The van der Waals surface area contributed by atoms with Gasteiger partial charge in [0.25, 0.3) is 5.91 Å². The minimum absolute atomic E-state index is 0.126. The average Bonchev–Trinajstić information content (AvgIpc) is 3.26. The highest BCUT2D eigenvalue weighted by Crippen LogP contribution is 2.13. The number of amides is 1. The molecule has 0 aliphatic carbocycles. The van der Waals surface area contributed by atoms with E-state index in [4.69, 9.17) is 0 Å². The van der Waals surface area contributed by atoms with Crippen LogP contribution in [0, 0.1) is 18.8 Å². The lowest BCUT2D eigenvalue weighted by atomic mass is 10.2. The van der Waals surface area contributed by atoms with E-state index in [2.05, 4.69) is 47.3 Å². The summed E-state index contributed by atoms with van der Waals surface area (Å²) in [5.74, 6) is 6.13. The largest absolute Gasteiger partial charge is 0.346 e. The first-order chi connectivity index (χ1) is 13.1. The number of imidazole rings is 1. The van der Waals surface area contributed by atoms with Crippen LogP contribution < -0.4 is 5.32 Å². The molecule has 4 aromatic heterocycles. The number of H-pyrrole nitrogens is 2. The number of carbonyl (C=O) groups excluding carboxylic acids is 1. The molecule has 8 heteroatoms. The van der Waals surface area contributed by atoms with Crippen molar-refractivity contribution in [1.29, 1.82) is 0 Å². The normalized spacial score (nSPS) is 11.9. The van der Waals surface area contributed by atoms with Crippen molar-refractivity contribution in [3.8, 4) is 11.8 Å². The number of rotatable bonds is 3. The van der Waals surface area contributed by atoms with Gasteiger partial charge in [-0.1, -0.05) is 11.8 Å². The van der Waals surface area contributed by atoms with E-state index in [0.717, 1.165) is 22.2 Å². The van der Waals surface area contributed by atoms with E-state index in [-0.39, 0.29) is 17.8 Å². The molecule has 134 valence electrons. The predicted octanol–water partition coefficient (Wildman–Crippen LogP) is 2.10. The molecule has 4 heterocycles. The number of nitrogens with one attached hydrogen (secondary N) is 3. The van der Waals surface area contributed by atoms with Crippen molar-refractivity contribution in [3.63, 3.8) is 0 Å². The number of carbonyl (C=O) groups is 1. The average molecular weight is 359 g/mol. The zero-order valence-electron chi connectivity index (χ0n) is 14.9. The molecule has 0 aromatic carbocycles. The predicted molar refractivity (Wildman–Crippen MR) is 101 cm³/mol. The smallest absolute Gasteiger partial charge is 0.287 e. The van der Waals surface area contributed by atoms with Crippen molar-refractivity contribution >= 4 is 28.1 Å². The Kier molecular flexibility index (Phi) is 4.26. The molecule has 0 unspecified atom stereocenters. The van der Waals surface area contributed by atoms with E-state index in [1.54, 1.807) is 18.5 Å². The van der Waals surface area contributed by atoms with Crippen molar-refractivity contribution in [2.75, 3.05) is 0 Å². The molecule has 3 N–H and O–H groups in total. The fraction of sp³-hybridized carbons (Fsp3) is 0.211. The second-order valence-electron chi connectivity index (χ2n) is 6.28. The second-order valence-corrected chi connectivity index (χ2v) is 6.28. The molecule has 0 radical (unpaired) electrons. The van der Waals surface area contributed by atoms with E-state index < -0.39 is 0 Å². The van der Waals surface area contributed by atoms with E-state index in [1.165, 1.54) is 0 Å². The van der Waals surface area contributed by atoms with Crippen molar-refractivity contribution in [2.24, 2.45) is 0 Å². The fourth-order valence-corrected chi connectivity index (χ4v) is 2.69. The van der Waals surface area contributed by atoms with Gasteiger partial charge >= 0.3 is 0 Å². The number of aromatic amines is 2. The fourth-order valence-electron chi connectivity index (χ4n) is 2.69. The first-order valence-corrected chi connectivity index (χ1v) is 8.51. The van der Waals surface area contributed by atoms with Crippen LogP contribution in [0.3, 0.4) is 0 Å². The minimum atomic E-state index is -0.278. The Bertz CT molecular complexity index is 1160. The van der Waals surface area contributed by atoms with Gasteiger partial charge in [-0.15, -0.1) is 0 Å². The van der Waals surface area contributed by atoms with Gasteiger partial charge in [-0.3, -0.25) is 9.89 Å². The highest BCUT2D eigenvalue weighted by atomic mass is 16.2. The summed E-state index contributed by atoms with van der Waals surface area (Å²) < 4.78 is 0. The maximum absolute atomic E-state index is 12.3. The Labute approximate surface area is 154 Å². The van der Waals surface area contributed by atoms with Gasteiger partial charge in [0.15, 0.2) is 17.1 Å². The van der Waals surface area contributed by atoms with Crippen LogP contribution in [0.25, 0.3) is 22.2 Å². The summed E-state index contributed by atoms with van der Waals surface area (Å²) >= 11 is 0. The van der Waals surface area contributed by atoms with E-state index in [9.17, 15) is 4.79 Å². The molecule has 27 heavy (non-hydrogen) atoms. The Hall–Kier alpha value is -3.73. The highest BCUT2D eigenvalue weighted by molar-refractivity contribution is 5.93. The molecule has 4 aromatic rings. The second kappa shape index (κ2) is 6.88. The van der Waals surface area contributed by atoms with Gasteiger partial charge < -0.3 is 10.3 Å². The molecule has 0 aliphatic heterocycles. The summed E-state index contributed by atoms with van der Waals surface area (Å²) in [4.78, 5) is 27.9. The summed E-state index contributed by atoms with van der Waals surface area (Å²) in [5.41, 5.74) is 3.70. The van der Waals surface area contributed by atoms with Gasteiger partial charge in [-0.2, -0.15) is 5.10 Å². The Morgan fingerprint density at radius 1 is 1.33 bits per heavy atom. The third-order valence-electron chi connectivity index (χ3n) is 4.09. The number of aromatic nitrogens is 6. The number of hydrogen-bond donors (Lipinski definition) is 3. The SMILES string of the molecule is Cc1[nH]nc2ncc(C#CC[C@H](C)NC(=O)c3nc4ncccc4[nH]3)cc12. The third kappa shape index (κ3) is 3.48. The highest BCUT2D eigenvalue weighted by Gasteiger charge is 2.13. The zero-order chi connectivity index (χ0) is 18.8. The molecule has 0 saturated carbocycles. The van der Waals surface area contributed by atoms with Gasteiger partial charge in [0, 0.05) is 41.5 Å². The lowest BCUT2D eigenvalue weighted by Gasteiger charge is -2.08. The van der Waals surface area contributed by atoms with Crippen LogP contribution in [-0.2, 0) is 0 Å². The molecular formula is C19H17N7O. The molecule has 0 aliphatic rings. The molecule has 4 rings (SSSR count). The Balaban J connectivity index is 1.40. The van der Waals surface area contributed by atoms with Gasteiger partial charge in [0.1, 0.15) is 0 Å². The first-order valence-electron chi connectivity index (χ1n) is 8.51. The number of hydrogen-bond acceptors (Lipinski definition) is 5. The minimum Gasteiger partial charge on any atom is -0.346 e. The summed E-state index contributed by atoms with van der Waals surface area (Å²) in [6.07, 6.45) is 3.84. The van der Waals surface area contributed by atoms with Crippen LogP contribution in [0.4, 0.5) is 0 Å². The molecule has 0 fully saturated rings. The van der Waals surface area contributed by atoms with Crippen LogP contribution >= 0.6 is 0 Å². The standard InChI is InChI=1S/C19H17N7O/c1-11(22-19(27)18-23-15-7-4-8-20-17(15)24-18)5-3-6-13-9-14-12(2)25-26-16(14)21-10-13/h4,7-11H,5H2,1-2H3,(H,22,27)(H,20,23,24)(H,21,25,26)/t11-/m0/s1. The van der Waals surface area contributed by atoms with Crippen molar-refractivity contribution < 1.29 is 4.79 Å². The summed E-state index contributed by atoms with van der Waals surface area (Å²) in [5, 5.41) is 10.8. The lowest BCUT2D eigenvalue weighted by molar-refractivity contribution is 0.0931. The summed E-state index contributed by atoms with van der Waals surface area (Å²) in [6, 6.07) is 5.45. The van der Waals surface area contributed by atoms with Gasteiger partial charge in [-0.25, -0.2) is 15.0 Å². The van der Waals surface area contributed by atoms with Crippen LogP contribution in [0.2, 0.25) is 0 Å². The van der Waals surface area contributed by atoms with Crippen molar-refractivity contribution in [1.82, 2.24) is 35.5 Å². The molecule has 8 nitrogen and oxygen atoms in total.